The number of ether oxygens (including phenoxy) is 1. The molecule has 1 N–H and O–H groups in total. The smallest absolute Gasteiger partial charge is 0.333 e. The summed E-state index contributed by atoms with van der Waals surface area (Å²) in [4.78, 5) is 10.8. The van der Waals surface area contributed by atoms with Gasteiger partial charge in [0.15, 0.2) is 0 Å². The minimum atomic E-state index is -0.565. The lowest BCUT2D eigenvalue weighted by Crippen LogP contribution is -2.12. The summed E-state index contributed by atoms with van der Waals surface area (Å²) >= 11 is 5.35. The quantitative estimate of drug-likeness (QED) is 0.308. The Kier molecular flexibility index (Phi) is 6.63. The van der Waals surface area contributed by atoms with Gasteiger partial charge in [-0.15, -0.1) is 11.6 Å². The average Bonchev–Trinajstić information content (AvgIpc) is 2.11. The van der Waals surface area contributed by atoms with Crippen LogP contribution in [0.3, 0.4) is 0 Å². The molecule has 0 aromatic rings. The molecule has 4 heteroatoms. The molecule has 0 aliphatic rings. The molecular formula is C9H14ClO3. The van der Waals surface area contributed by atoms with Gasteiger partial charge in [0.25, 0.3) is 0 Å². The van der Waals surface area contributed by atoms with Crippen LogP contribution in [0.1, 0.15) is 13.3 Å². The van der Waals surface area contributed by atoms with E-state index in [9.17, 15) is 4.79 Å². The van der Waals surface area contributed by atoms with Gasteiger partial charge >= 0.3 is 5.97 Å². The molecule has 13 heavy (non-hydrogen) atoms. The van der Waals surface area contributed by atoms with Crippen molar-refractivity contribution < 1.29 is 14.6 Å². The Labute approximate surface area is 83.3 Å². The fourth-order valence-corrected chi connectivity index (χ4v) is 0.707. The molecule has 0 aromatic heterocycles. The summed E-state index contributed by atoms with van der Waals surface area (Å²) < 4.78 is 4.75. The number of aliphatic hydroxyl groups excluding tert-OH is 1. The third-order valence-electron chi connectivity index (χ3n) is 1.30. The molecule has 0 aliphatic heterocycles. The maximum Gasteiger partial charge on any atom is 0.333 e. The molecule has 0 saturated carbocycles. The molecule has 3 nitrogen and oxygen atoms in total. The molecule has 0 amide bonds. The lowest BCUT2D eigenvalue weighted by molar-refractivity contribution is -0.138. The summed E-state index contributed by atoms with van der Waals surface area (Å²) in [6, 6.07) is 0. The second kappa shape index (κ2) is 6.92. The summed E-state index contributed by atoms with van der Waals surface area (Å²) in [5, 5.41) is 9.01. The molecule has 0 saturated heterocycles. The van der Waals surface area contributed by atoms with E-state index in [-0.39, 0.29) is 12.5 Å². The zero-order valence-corrected chi connectivity index (χ0v) is 8.38. The monoisotopic (exact) mass is 205 g/mol. The van der Waals surface area contributed by atoms with Crippen molar-refractivity contribution in [3.8, 4) is 0 Å². The Morgan fingerprint density at radius 3 is 2.85 bits per heavy atom. The number of halogens is 1. The summed E-state index contributed by atoms with van der Waals surface area (Å²) in [5.74, 6) is -0.234. The number of esters is 1. The number of rotatable bonds is 6. The molecule has 1 atom stereocenters. The standard InChI is InChI=1S/C9H14ClO3/c1-7(2)9(12)13-5-3-4-8(11)6-10/h3,8,11H,1,4-6H2,2H3. The van der Waals surface area contributed by atoms with Gasteiger partial charge in [0.2, 0.25) is 0 Å². The Bertz CT molecular complexity index is 180. The van der Waals surface area contributed by atoms with Crippen molar-refractivity contribution in [2.75, 3.05) is 12.5 Å². The normalized spacial score (nSPS) is 12.2. The van der Waals surface area contributed by atoms with Crippen LogP contribution < -0.4 is 0 Å². The minimum absolute atomic E-state index is 0.180. The first-order valence-corrected chi connectivity index (χ1v) is 4.49. The molecule has 0 rings (SSSR count). The highest BCUT2D eigenvalue weighted by molar-refractivity contribution is 6.18. The van der Waals surface area contributed by atoms with E-state index in [0.717, 1.165) is 0 Å². The second-order valence-corrected chi connectivity index (χ2v) is 3.02. The van der Waals surface area contributed by atoms with Crippen molar-refractivity contribution in [1.82, 2.24) is 0 Å². The molecule has 0 fully saturated rings. The van der Waals surface area contributed by atoms with Crippen molar-refractivity contribution in [3.63, 3.8) is 0 Å². The lowest BCUT2D eigenvalue weighted by atomic mass is 10.2. The zero-order valence-electron chi connectivity index (χ0n) is 7.62. The van der Waals surface area contributed by atoms with Crippen molar-refractivity contribution in [2.24, 2.45) is 0 Å². The van der Waals surface area contributed by atoms with E-state index >= 15 is 0 Å². The van der Waals surface area contributed by atoms with E-state index in [1.807, 2.05) is 0 Å². The van der Waals surface area contributed by atoms with Crippen molar-refractivity contribution in [3.05, 3.63) is 18.6 Å². The maximum absolute atomic E-state index is 10.8. The molecule has 1 unspecified atom stereocenters. The molecule has 0 aliphatic carbocycles. The largest absolute Gasteiger partial charge is 0.462 e. The highest BCUT2D eigenvalue weighted by Gasteiger charge is 2.04. The first-order valence-electron chi connectivity index (χ1n) is 3.96. The third kappa shape index (κ3) is 6.61. The number of alkyl halides is 1. The average molecular weight is 206 g/mol. The molecule has 0 bridgehead atoms. The zero-order chi connectivity index (χ0) is 10.3. The van der Waals surface area contributed by atoms with E-state index in [0.29, 0.717) is 12.0 Å². The van der Waals surface area contributed by atoms with E-state index in [4.69, 9.17) is 21.4 Å². The fraction of sp³-hybridized carbons (Fsp3) is 0.556. The number of carbonyl (C=O) groups is 1. The van der Waals surface area contributed by atoms with Gasteiger partial charge in [0.1, 0.15) is 0 Å². The SMILES string of the molecule is C=C(C)C(=O)OC[CH]CC(O)CCl. The number of hydrogen-bond donors (Lipinski definition) is 1. The van der Waals surface area contributed by atoms with Crippen LogP contribution in [0.5, 0.6) is 0 Å². The summed E-state index contributed by atoms with van der Waals surface area (Å²) in [6.07, 6.45) is 1.52. The molecule has 0 spiro atoms. The van der Waals surface area contributed by atoms with Crippen molar-refractivity contribution in [1.29, 1.82) is 0 Å². The van der Waals surface area contributed by atoms with Gasteiger partial charge in [-0.05, 0) is 13.3 Å². The predicted octanol–water partition coefficient (Wildman–Crippen LogP) is 1.30. The maximum atomic E-state index is 10.8. The molecule has 0 heterocycles. The van der Waals surface area contributed by atoms with Crippen molar-refractivity contribution in [2.45, 2.75) is 19.4 Å². The second-order valence-electron chi connectivity index (χ2n) is 2.71. The third-order valence-corrected chi connectivity index (χ3v) is 1.65. The van der Waals surface area contributed by atoms with Crippen LogP contribution in [-0.4, -0.2) is 29.7 Å². The van der Waals surface area contributed by atoms with E-state index in [1.54, 1.807) is 13.3 Å². The Morgan fingerprint density at radius 1 is 1.77 bits per heavy atom. The highest BCUT2D eigenvalue weighted by atomic mass is 35.5. The van der Waals surface area contributed by atoms with Crippen LogP contribution in [-0.2, 0) is 9.53 Å². The molecule has 0 aromatic carbocycles. The van der Waals surface area contributed by atoms with Gasteiger partial charge in [0.05, 0.1) is 12.7 Å². The summed E-state index contributed by atoms with van der Waals surface area (Å²) in [7, 11) is 0. The Morgan fingerprint density at radius 2 is 2.38 bits per heavy atom. The topological polar surface area (TPSA) is 46.5 Å². The summed E-state index contributed by atoms with van der Waals surface area (Å²) in [5.41, 5.74) is 0.367. The molecular weight excluding hydrogens is 192 g/mol. The van der Waals surface area contributed by atoms with Crippen LogP contribution >= 0.6 is 11.6 Å². The first kappa shape index (κ1) is 12.5. The first-order chi connectivity index (χ1) is 6.07. The van der Waals surface area contributed by atoms with Gasteiger partial charge in [-0.3, -0.25) is 0 Å². The number of aliphatic hydroxyl groups is 1. The lowest BCUT2D eigenvalue weighted by Gasteiger charge is -2.06. The van der Waals surface area contributed by atoms with Gasteiger partial charge in [-0.25, -0.2) is 4.79 Å². The predicted molar refractivity (Wildman–Crippen MR) is 51.4 cm³/mol. The van der Waals surface area contributed by atoms with Gasteiger partial charge < -0.3 is 9.84 Å². The molecule has 75 valence electrons. The number of carbonyl (C=O) groups excluding carboxylic acids is 1. The van der Waals surface area contributed by atoms with Crippen LogP contribution in [0.25, 0.3) is 0 Å². The highest BCUT2D eigenvalue weighted by Crippen LogP contribution is 1.99. The van der Waals surface area contributed by atoms with Crippen LogP contribution in [0.4, 0.5) is 0 Å². The van der Waals surface area contributed by atoms with E-state index in [2.05, 4.69) is 6.58 Å². The van der Waals surface area contributed by atoms with Crippen molar-refractivity contribution >= 4 is 17.6 Å². The van der Waals surface area contributed by atoms with E-state index in [1.165, 1.54) is 0 Å². The Hall–Kier alpha value is -0.540. The van der Waals surface area contributed by atoms with Gasteiger partial charge in [0, 0.05) is 17.9 Å². The van der Waals surface area contributed by atoms with Gasteiger partial charge in [-0.1, -0.05) is 6.58 Å². The van der Waals surface area contributed by atoms with Crippen LogP contribution in [0, 0.1) is 6.42 Å². The van der Waals surface area contributed by atoms with Gasteiger partial charge in [-0.2, -0.15) is 0 Å². The summed E-state index contributed by atoms with van der Waals surface area (Å²) in [6.45, 7) is 5.19. The minimum Gasteiger partial charge on any atom is -0.462 e. The molecule has 1 radical (unpaired) electrons. The Balaban J connectivity index is 3.36. The van der Waals surface area contributed by atoms with Crippen LogP contribution in [0.2, 0.25) is 0 Å². The number of hydrogen-bond acceptors (Lipinski definition) is 3. The fourth-order valence-electron chi connectivity index (χ4n) is 0.581. The van der Waals surface area contributed by atoms with E-state index < -0.39 is 12.1 Å². The van der Waals surface area contributed by atoms with Crippen LogP contribution in [0.15, 0.2) is 12.2 Å².